The number of aryl methyl sites for hydroxylation is 1. The van der Waals surface area contributed by atoms with Crippen LogP contribution in [0.3, 0.4) is 0 Å². The standard InChI is InChI=1S/C18H30N2O/c1-14-8-9-17(21-5)16(12-14)15(2)19-13-18(20(3)4)10-6-7-11-18/h8-9,12,15,19H,6-7,10-11,13H2,1-5H3. The van der Waals surface area contributed by atoms with Gasteiger partial charge in [0.2, 0.25) is 0 Å². The van der Waals surface area contributed by atoms with Crippen LogP contribution >= 0.6 is 0 Å². The lowest BCUT2D eigenvalue weighted by Crippen LogP contribution is -2.50. The topological polar surface area (TPSA) is 24.5 Å². The summed E-state index contributed by atoms with van der Waals surface area (Å²) in [6.45, 7) is 5.40. The average Bonchev–Trinajstić information content (AvgIpc) is 2.95. The lowest BCUT2D eigenvalue weighted by Gasteiger charge is -2.37. The van der Waals surface area contributed by atoms with Gasteiger partial charge in [-0.15, -0.1) is 0 Å². The summed E-state index contributed by atoms with van der Waals surface area (Å²) < 4.78 is 5.52. The molecule has 0 saturated heterocycles. The zero-order valence-corrected chi connectivity index (χ0v) is 14.2. The normalized spacial score (nSPS) is 19.0. The molecule has 2 rings (SSSR count). The number of nitrogens with one attached hydrogen (secondary N) is 1. The molecule has 3 heteroatoms. The van der Waals surface area contributed by atoms with Crippen molar-refractivity contribution in [1.82, 2.24) is 10.2 Å². The molecule has 0 aromatic heterocycles. The first kappa shape index (κ1) is 16.3. The monoisotopic (exact) mass is 290 g/mol. The summed E-state index contributed by atoms with van der Waals surface area (Å²) in [7, 11) is 6.18. The van der Waals surface area contributed by atoms with Crippen molar-refractivity contribution >= 4 is 0 Å². The van der Waals surface area contributed by atoms with Gasteiger partial charge in [-0.05, 0) is 46.9 Å². The van der Waals surface area contributed by atoms with E-state index in [0.29, 0.717) is 11.6 Å². The van der Waals surface area contributed by atoms with Gasteiger partial charge in [0.05, 0.1) is 7.11 Å². The van der Waals surface area contributed by atoms with Gasteiger partial charge in [0.1, 0.15) is 5.75 Å². The van der Waals surface area contributed by atoms with Crippen molar-refractivity contribution in [3.05, 3.63) is 29.3 Å². The van der Waals surface area contributed by atoms with Crippen molar-refractivity contribution in [2.75, 3.05) is 27.7 Å². The first-order chi connectivity index (χ1) is 9.98. The Morgan fingerprint density at radius 3 is 2.52 bits per heavy atom. The van der Waals surface area contributed by atoms with Crippen LogP contribution in [-0.2, 0) is 0 Å². The average molecular weight is 290 g/mol. The van der Waals surface area contributed by atoms with Crippen LogP contribution in [0.25, 0.3) is 0 Å². The molecule has 1 aromatic carbocycles. The fourth-order valence-electron chi connectivity index (χ4n) is 3.46. The summed E-state index contributed by atoms with van der Waals surface area (Å²) in [5.74, 6) is 0.978. The van der Waals surface area contributed by atoms with E-state index in [2.05, 4.69) is 56.4 Å². The first-order valence-electron chi connectivity index (χ1n) is 8.04. The van der Waals surface area contributed by atoms with Crippen LogP contribution in [0.2, 0.25) is 0 Å². The molecular weight excluding hydrogens is 260 g/mol. The van der Waals surface area contributed by atoms with Gasteiger partial charge in [-0.1, -0.05) is 30.5 Å². The summed E-state index contributed by atoms with van der Waals surface area (Å²) in [5, 5.41) is 3.74. The SMILES string of the molecule is COc1ccc(C)cc1C(C)NCC1(N(C)C)CCCC1. The smallest absolute Gasteiger partial charge is 0.123 e. The van der Waals surface area contributed by atoms with Crippen molar-refractivity contribution in [3.8, 4) is 5.75 Å². The second kappa shape index (κ2) is 6.80. The molecule has 21 heavy (non-hydrogen) atoms. The molecule has 1 aromatic rings. The maximum absolute atomic E-state index is 5.52. The van der Waals surface area contributed by atoms with E-state index in [1.807, 2.05) is 0 Å². The quantitative estimate of drug-likeness (QED) is 0.867. The van der Waals surface area contributed by atoms with Gasteiger partial charge in [0.15, 0.2) is 0 Å². The zero-order valence-electron chi connectivity index (χ0n) is 14.2. The Balaban J connectivity index is 2.07. The first-order valence-corrected chi connectivity index (χ1v) is 8.04. The molecule has 0 aliphatic heterocycles. The molecule has 3 nitrogen and oxygen atoms in total. The van der Waals surface area contributed by atoms with Crippen molar-refractivity contribution in [2.45, 2.75) is 51.1 Å². The maximum atomic E-state index is 5.52. The highest BCUT2D eigenvalue weighted by Crippen LogP contribution is 2.34. The fourth-order valence-corrected chi connectivity index (χ4v) is 3.46. The van der Waals surface area contributed by atoms with Crippen LogP contribution in [-0.4, -0.2) is 38.2 Å². The van der Waals surface area contributed by atoms with Gasteiger partial charge in [-0.3, -0.25) is 0 Å². The van der Waals surface area contributed by atoms with E-state index in [-0.39, 0.29) is 0 Å². The second-order valence-electron chi connectivity index (χ2n) is 6.67. The Kier molecular flexibility index (Phi) is 5.28. The Bertz CT molecular complexity index is 464. The summed E-state index contributed by atoms with van der Waals surface area (Å²) in [6, 6.07) is 6.71. The highest BCUT2D eigenvalue weighted by atomic mass is 16.5. The van der Waals surface area contributed by atoms with E-state index in [4.69, 9.17) is 4.74 Å². The Morgan fingerprint density at radius 1 is 1.29 bits per heavy atom. The number of methoxy groups -OCH3 is 1. The fraction of sp³-hybridized carbons (Fsp3) is 0.667. The number of benzene rings is 1. The highest BCUT2D eigenvalue weighted by molar-refractivity contribution is 5.38. The van der Waals surface area contributed by atoms with E-state index in [0.717, 1.165) is 12.3 Å². The third-order valence-corrected chi connectivity index (χ3v) is 5.07. The second-order valence-corrected chi connectivity index (χ2v) is 6.67. The summed E-state index contributed by atoms with van der Waals surface area (Å²) >= 11 is 0. The van der Waals surface area contributed by atoms with Crippen LogP contribution in [0.5, 0.6) is 5.75 Å². The molecule has 1 atom stereocenters. The Morgan fingerprint density at radius 2 is 1.95 bits per heavy atom. The van der Waals surface area contributed by atoms with Gasteiger partial charge >= 0.3 is 0 Å². The third-order valence-electron chi connectivity index (χ3n) is 5.07. The number of hydrogen-bond acceptors (Lipinski definition) is 3. The third kappa shape index (κ3) is 3.58. The molecule has 1 aliphatic rings. The van der Waals surface area contributed by atoms with Gasteiger partial charge in [-0.2, -0.15) is 0 Å². The number of nitrogens with zero attached hydrogens (tertiary/aromatic N) is 1. The van der Waals surface area contributed by atoms with Crippen LogP contribution in [0.4, 0.5) is 0 Å². The van der Waals surface area contributed by atoms with E-state index in [1.165, 1.54) is 36.8 Å². The molecule has 0 amide bonds. The highest BCUT2D eigenvalue weighted by Gasteiger charge is 2.35. The van der Waals surface area contributed by atoms with Gasteiger partial charge in [0.25, 0.3) is 0 Å². The minimum Gasteiger partial charge on any atom is -0.496 e. The predicted octanol–water partition coefficient (Wildman–Crippen LogP) is 3.53. The number of hydrogen-bond donors (Lipinski definition) is 1. The molecule has 1 fully saturated rings. The molecule has 1 aliphatic carbocycles. The minimum atomic E-state index is 0.303. The molecule has 118 valence electrons. The zero-order chi connectivity index (χ0) is 15.5. The predicted molar refractivity (Wildman–Crippen MR) is 89.0 cm³/mol. The van der Waals surface area contributed by atoms with Crippen LogP contribution in [0.15, 0.2) is 18.2 Å². The largest absolute Gasteiger partial charge is 0.496 e. The van der Waals surface area contributed by atoms with Crippen LogP contribution in [0.1, 0.15) is 49.8 Å². The minimum absolute atomic E-state index is 0.303. The van der Waals surface area contributed by atoms with Crippen molar-refractivity contribution in [3.63, 3.8) is 0 Å². The number of ether oxygens (including phenoxy) is 1. The molecule has 0 spiro atoms. The summed E-state index contributed by atoms with van der Waals surface area (Å²) in [6.07, 6.45) is 5.29. The van der Waals surface area contributed by atoms with Crippen molar-refractivity contribution in [1.29, 1.82) is 0 Å². The Hall–Kier alpha value is -1.06. The van der Waals surface area contributed by atoms with E-state index < -0.39 is 0 Å². The molecule has 1 saturated carbocycles. The van der Waals surface area contributed by atoms with Crippen molar-refractivity contribution < 1.29 is 4.74 Å². The number of likely N-dealkylation sites (N-methyl/N-ethyl adjacent to an activating group) is 1. The van der Waals surface area contributed by atoms with Crippen LogP contribution in [0, 0.1) is 6.92 Å². The van der Waals surface area contributed by atoms with Gasteiger partial charge in [-0.25, -0.2) is 0 Å². The van der Waals surface area contributed by atoms with E-state index >= 15 is 0 Å². The Labute approximate surface area is 129 Å². The summed E-state index contributed by atoms with van der Waals surface area (Å²) in [4.78, 5) is 2.41. The van der Waals surface area contributed by atoms with E-state index in [1.54, 1.807) is 7.11 Å². The van der Waals surface area contributed by atoms with E-state index in [9.17, 15) is 0 Å². The van der Waals surface area contributed by atoms with Gasteiger partial charge < -0.3 is 15.0 Å². The molecular formula is C18H30N2O. The van der Waals surface area contributed by atoms with Gasteiger partial charge in [0, 0.05) is 23.7 Å². The lowest BCUT2D eigenvalue weighted by atomic mass is 9.95. The molecule has 1 N–H and O–H groups in total. The summed E-state index contributed by atoms with van der Waals surface area (Å²) in [5.41, 5.74) is 2.86. The molecule has 0 heterocycles. The van der Waals surface area contributed by atoms with Crippen LogP contribution < -0.4 is 10.1 Å². The molecule has 1 unspecified atom stereocenters. The molecule has 0 bridgehead atoms. The number of rotatable bonds is 6. The maximum Gasteiger partial charge on any atom is 0.123 e. The lowest BCUT2D eigenvalue weighted by molar-refractivity contribution is 0.150. The molecule has 0 radical (unpaired) electrons. The van der Waals surface area contributed by atoms with Crippen molar-refractivity contribution in [2.24, 2.45) is 0 Å².